The first-order chi connectivity index (χ1) is 11.0. The summed E-state index contributed by atoms with van der Waals surface area (Å²) in [4.78, 5) is 23.2. The number of carboxylic acids is 2. The number of rotatable bonds is 3. The van der Waals surface area contributed by atoms with Crippen LogP contribution in [0.15, 0.2) is 46.9 Å². The number of halogens is 1. The lowest BCUT2D eigenvalue weighted by molar-refractivity contribution is -0.139. The highest BCUT2D eigenvalue weighted by molar-refractivity contribution is 9.10. The fourth-order valence-corrected chi connectivity index (χ4v) is 3.44. The molecule has 0 bridgehead atoms. The Morgan fingerprint density at radius 2 is 1.83 bits per heavy atom. The summed E-state index contributed by atoms with van der Waals surface area (Å²) in [5.41, 5.74) is 1.88. The number of fused-ring (bicyclic) bond motifs is 1. The molecule has 0 saturated heterocycles. The first-order valence-corrected chi connectivity index (χ1v) is 7.87. The summed E-state index contributed by atoms with van der Waals surface area (Å²) in [7, 11) is 0. The quantitative estimate of drug-likeness (QED) is 0.757. The van der Waals surface area contributed by atoms with Gasteiger partial charge in [-0.25, -0.2) is 4.79 Å². The molecule has 2 unspecified atom stereocenters. The molecule has 1 heterocycles. The van der Waals surface area contributed by atoms with Crippen LogP contribution in [-0.4, -0.2) is 22.2 Å². The van der Waals surface area contributed by atoms with Crippen molar-refractivity contribution in [2.24, 2.45) is 0 Å². The summed E-state index contributed by atoms with van der Waals surface area (Å²) >= 11 is 3.26. The third-order valence-electron chi connectivity index (χ3n) is 4.03. The molecule has 2 atom stereocenters. The molecule has 5 nitrogen and oxygen atoms in total. The van der Waals surface area contributed by atoms with Gasteiger partial charge in [-0.05, 0) is 29.7 Å². The molecule has 0 radical (unpaired) electrons. The van der Waals surface area contributed by atoms with Crippen molar-refractivity contribution in [2.75, 3.05) is 5.32 Å². The van der Waals surface area contributed by atoms with Crippen LogP contribution in [-0.2, 0) is 4.79 Å². The minimum Gasteiger partial charge on any atom is -0.481 e. The zero-order chi connectivity index (χ0) is 16.6. The van der Waals surface area contributed by atoms with Crippen molar-refractivity contribution >= 4 is 33.6 Å². The molecule has 0 saturated carbocycles. The molecule has 0 amide bonds. The molecule has 23 heavy (non-hydrogen) atoms. The lowest BCUT2D eigenvalue weighted by Crippen LogP contribution is -2.27. The summed E-state index contributed by atoms with van der Waals surface area (Å²) in [6.45, 7) is 0. The molecule has 2 aromatic carbocycles. The van der Waals surface area contributed by atoms with Crippen molar-refractivity contribution in [1.82, 2.24) is 0 Å². The summed E-state index contributed by atoms with van der Waals surface area (Å²) in [6, 6.07) is 12.4. The van der Waals surface area contributed by atoms with Gasteiger partial charge in [-0.1, -0.05) is 46.3 Å². The summed E-state index contributed by atoms with van der Waals surface area (Å²) in [6.07, 6.45) is 0.363. The Bertz CT molecular complexity index is 776. The van der Waals surface area contributed by atoms with Crippen LogP contribution in [0.1, 0.15) is 39.9 Å². The highest BCUT2D eigenvalue weighted by atomic mass is 79.9. The first kappa shape index (κ1) is 15.6. The largest absolute Gasteiger partial charge is 0.481 e. The molecule has 3 rings (SSSR count). The topological polar surface area (TPSA) is 86.6 Å². The van der Waals surface area contributed by atoms with Crippen molar-refractivity contribution in [2.45, 2.75) is 18.4 Å². The molecule has 118 valence electrons. The van der Waals surface area contributed by atoms with Gasteiger partial charge >= 0.3 is 11.9 Å². The minimum atomic E-state index is -1.09. The average Bonchev–Trinajstić information content (AvgIpc) is 2.53. The average molecular weight is 376 g/mol. The van der Waals surface area contributed by atoms with Gasteiger partial charge in [0.15, 0.2) is 0 Å². The number of carboxylic acid groups (broad SMARTS) is 2. The molecule has 1 aliphatic heterocycles. The molecule has 0 fully saturated rings. The Balaban J connectivity index is 2.14. The maximum atomic E-state index is 11.7. The van der Waals surface area contributed by atoms with Gasteiger partial charge in [-0.2, -0.15) is 0 Å². The molecule has 2 aromatic rings. The Morgan fingerprint density at radius 3 is 2.43 bits per heavy atom. The second-order valence-electron chi connectivity index (χ2n) is 5.46. The highest BCUT2D eigenvalue weighted by Gasteiger charge is 2.34. The van der Waals surface area contributed by atoms with E-state index in [9.17, 15) is 19.8 Å². The fourth-order valence-electron chi connectivity index (χ4n) is 2.97. The summed E-state index contributed by atoms with van der Waals surface area (Å²) < 4.78 is 0.555. The third kappa shape index (κ3) is 2.94. The number of nitrogens with one attached hydrogen (secondary N) is 1. The van der Waals surface area contributed by atoms with E-state index >= 15 is 0 Å². The highest BCUT2D eigenvalue weighted by Crippen LogP contribution is 2.43. The number of anilines is 1. The van der Waals surface area contributed by atoms with Gasteiger partial charge in [0.1, 0.15) is 0 Å². The van der Waals surface area contributed by atoms with Gasteiger partial charge in [0.05, 0.1) is 23.2 Å². The lowest BCUT2D eigenvalue weighted by atomic mass is 9.83. The second kappa shape index (κ2) is 6.04. The van der Waals surface area contributed by atoms with Crippen LogP contribution in [0.4, 0.5) is 5.69 Å². The van der Waals surface area contributed by atoms with E-state index in [2.05, 4.69) is 21.2 Å². The predicted octanol–water partition coefficient (Wildman–Crippen LogP) is 3.87. The van der Waals surface area contributed by atoms with Gasteiger partial charge in [0.2, 0.25) is 0 Å². The number of aromatic carboxylic acids is 1. The monoisotopic (exact) mass is 375 g/mol. The Labute approximate surface area is 141 Å². The predicted molar refractivity (Wildman–Crippen MR) is 88.9 cm³/mol. The number of hydrogen-bond donors (Lipinski definition) is 3. The fraction of sp³-hybridized carbons (Fsp3) is 0.176. The molecule has 6 heteroatoms. The van der Waals surface area contributed by atoms with E-state index in [-0.39, 0.29) is 11.6 Å². The Hall–Kier alpha value is -2.34. The van der Waals surface area contributed by atoms with Gasteiger partial charge in [-0.3, -0.25) is 4.79 Å². The molecule has 3 N–H and O–H groups in total. The van der Waals surface area contributed by atoms with Gasteiger partial charge in [0.25, 0.3) is 0 Å². The number of aliphatic carboxylic acids is 1. The van der Waals surface area contributed by atoms with E-state index < -0.39 is 17.9 Å². The van der Waals surface area contributed by atoms with Crippen LogP contribution in [0.2, 0.25) is 0 Å². The Morgan fingerprint density at radius 1 is 1.13 bits per heavy atom. The van der Waals surface area contributed by atoms with Crippen LogP contribution >= 0.6 is 15.9 Å². The normalized spacial score (nSPS) is 19.5. The molecule has 1 aliphatic rings. The molecule has 0 aromatic heterocycles. The number of hydrogen-bond acceptors (Lipinski definition) is 3. The molecular weight excluding hydrogens is 362 g/mol. The van der Waals surface area contributed by atoms with Gasteiger partial charge in [-0.15, -0.1) is 0 Å². The minimum absolute atomic E-state index is 0.0706. The van der Waals surface area contributed by atoms with Gasteiger partial charge in [0, 0.05) is 4.47 Å². The second-order valence-corrected chi connectivity index (χ2v) is 6.37. The molecular formula is C17H14BrNO4. The first-order valence-electron chi connectivity index (χ1n) is 7.08. The van der Waals surface area contributed by atoms with E-state index in [0.717, 1.165) is 5.56 Å². The lowest BCUT2D eigenvalue weighted by Gasteiger charge is -2.32. The van der Waals surface area contributed by atoms with E-state index in [4.69, 9.17) is 0 Å². The third-order valence-corrected chi connectivity index (χ3v) is 4.49. The maximum Gasteiger partial charge on any atom is 0.337 e. The van der Waals surface area contributed by atoms with Crippen molar-refractivity contribution < 1.29 is 19.8 Å². The van der Waals surface area contributed by atoms with Crippen LogP contribution in [0.25, 0.3) is 0 Å². The maximum absolute atomic E-state index is 11.7. The molecule has 0 aliphatic carbocycles. The van der Waals surface area contributed by atoms with Crippen LogP contribution in [0, 0.1) is 0 Å². The van der Waals surface area contributed by atoms with Crippen molar-refractivity contribution in [1.29, 1.82) is 0 Å². The van der Waals surface area contributed by atoms with Crippen LogP contribution in [0.5, 0.6) is 0 Å². The Kier molecular flexibility index (Phi) is 4.09. The van der Waals surface area contributed by atoms with E-state index in [1.165, 1.54) is 6.07 Å². The number of benzene rings is 2. The van der Waals surface area contributed by atoms with Crippen LogP contribution < -0.4 is 5.32 Å². The van der Waals surface area contributed by atoms with E-state index in [1.54, 1.807) is 6.07 Å². The smallest absolute Gasteiger partial charge is 0.337 e. The summed E-state index contributed by atoms with van der Waals surface area (Å²) in [5, 5.41) is 22.2. The number of carbonyl (C=O) groups is 2. The van der Waals surface area contributed by atoms with Crippen molar-refractivity contribution in [3.63, 3.8) is 0 Å². The van der Waals surface area contributed by atoms with Crippen LogP contribution in [0.3, 0.4) is 0 Å². The standard InChI is InChI=1S/C17H14BrNO4/c18-10-6-11-12(16(20)21)8-14(9-4-2-1-3-5-9)19-15(11)13(7-10)17(22)23/h1-7,12,14,19H,8H2,(H,20,21)(H,22,23). The molecule has 0 spiro atoms. The summed E-state index contributed by atoms with van der Waals surface area (Å²) in [5.74, 6) is -2.80. The zero-order valence-corrected chi connectivity index (χ0v) is 13.6. The van der Waals surface area contributed by atoms with Gasteiger partial charge < -0.3 is 15.5 Å². The van der Waals surface area contributed by atoms with Crippen molar-refractivity contribution in [3.05, 3.63) is 63.6 Å². The SMILES string of the molecule is O=C(O)c1cc(Br)cc2c1NC(c1ccccc1)CC2C(=O)O. The zero-order valence-electron chi connectivity index (χ0n) is 12.0. The van der Waals surface area contributed by atoms with Crippen molar-refractivity contribution in [3.8, 4) is 0 Å². The van der Waals surface area contributed by atoms with E-state index in [1.807, 2.05) is 30.3 Å². The van der Waals surface area contributed by atoms with E-state index in [0.29, 0.717) is 22.1 Å².